The highest BCUT2D eigenvalue weighted by molar-refractivity contribution is 6.37. The monoisotopic (exact) mass is 293 g/mol. The van der Waals surface area contributed by atoms with Gasteiger partial charge in [0.15, 0.2) is 5.75 Å². The van der Waals surface area contributed by atoms with E-state index in [0.717, 1.165) is 5.75 Å². The smallest absolute Gasteiger partial charge is 0.164 e. The van der Waals surface area contributed by atoms with Gasteiger partial charge < -0.3 is 9.47 Å². The second-order valence-electron chi connectivity index (χ2n) is 3.66. The zero-order valence-electron chi connectivity index (χ0n) is 9.98. The van der Waals surface area contributed by atoms with Crippen molar-refractivity contribution < 1.29 is 9.47 Å². The van der Waals surface area contributed by atoms with Crippen molar-refractivity contribution >= 4 is 23.2 Å². The van der Waals surface area contributed by atoms with Crippen molar-refractivity contribution in [3.8, 4) is 23.3 Å². The zero-order chi connectivity index (χ0) is 13.8. The second kappa shape index (κ2) is 5.83. The fourth-order valence-electron chi connectivity index (χ4n) is 1.48. The highest BCUT2D eigenvalue weighted by Crippen LogP contribution is 2.37. The van der Waals surface area contributed by atoms with Crippen LogP contribution in [0.5, 0.6) is 17.2 Å². The number of benzene rings is 2. The SMILES string of the molecule is COc1ccc(Oc2c(Cl)cc(C#N)cc2Cl)cc1. The van der Waals surface area contributed by atoms with Gasteiger partial charge in [-0.2, -0.15) is 5.26 Å². The van der Waals surface area contributed by atoms with Crippen LogP contribution < -0.4 is 9.47 Å². The lowest BCUT2D eigenvalue weighted by molar-refractivity contribution is 0.413. The van der Waals surface area contributed by atoms with Crippen molar-refractivity contribution in [3.63, 3.8) is 0 Å². The van der Waals surface area contributed by atoms with Crippen molar-refractivity contribution in [1.82, 2.24) is 0 Å². The third kappa shape index (κ3) is 3.11. The molecule has 2 aromatic carbocycles. The molecular formula is C14H9Cl2NO2. The third-order valence-corrected chi connectivity index (χ3v) is 2.97. The maximum atomic E-state index is 8.80. The van der Waals surface area contributed by atoms with E-state index in [0.29, 0.717) is 27.1 Å². The van der Waals surface area contributed by atoms with Gasteiger partial charge in [0.1, 0.15) is 11.5 Å². The molecule has 0 spiro atoms. The van der Waals surface area contributed by atoms with Gasteiger partial charge in [-0.3, -0.25) is 0 Å². The van der Waals surface area contributed by atoms with Crippen molar-refractivity contribution in [2.45, 2.75) is 0 Å². The number of halogens is 2. The summed E-state index contributed by atoms with van der Waals surface area (Å²) < 4.78 is 10.7. The summed E-state index contributed by atoms with van der Waals surface area (Å²) in [4.78, 5) is 0. The lowest BCUT2D eigenvalue weighted by atomic mass is 10.2. The molecule has 0 radical (unpaired) electrons. The number of methoxy groups -OCH3 is 1. The first kappa shape index (κ1) is 13.5. The first-order chi connectivity index (χ1) is 9.13. The lowest BCUT2D eigenvalue weighted by Gasteiger charge is -2.10. The molecule has 0 saturated carbocycles. The van der Waals surface area contributed by atoms with Crippen LogP contribution in [0.2, 0.25) is 10.0 Å². The van der Waals surface area contributed by atoms with E-state index in [1.807, 2.05) is 6.07 Å². The minimum Gasteiger partial charge on any atom is -0.497 e. The van der Waals surface area contributed by atoms with E-state index < -0.39 is 0 Å². The Kier molecular flexibility index (Phi) is 4.16. The van der Waals surface area contributed by atoms with E-state index in [1.165, 1.54) is 12.1 Å². The summed E-state index contributed by atoms with van der Waals surface area (Å²) in [6.07, 6.45) is 0. The van der Waals surface area contributed by atoms with Crippen LogP contribution in [-0.2, 0) is 0 Å². The summed E-state index contributed by atoms with van der Waals surface area (Å²) in [6.45, 7) is 0. The standard InChI is InChI=1S/C14H9Cl2NO2/c1-18-10-2-4-11(5-3-10)19-14-12(15)6-9(8-17)7-13(14)16/h2-7H,1H3. The van der Waals surface area contributed by atoms with Crippen LogP contribution in [0.3, 0.4) is 0 Å². The largest absolute Gasteiger partial charge is 0.497 e. The van der Waals surface area contributed by atoms with Gasteiger partial charge in [-0.25, -0.2) is 0 Å². The minimum absolute atomic E-state index is 0.292. The summed E-state index contributed by atoms with van der Waals surface area (Å²) in [7, 11) is 1.59. The Labute approximate surface area is 120 Å². The van der Waals surface area contributed by atoms with Gasteiger partial charge in [0.2, 0.25) is 0 Å². The van der Waals surface area contributed by atoms with Crippen LogP contribution in [0.25, 0.3) is 0 Å². The molecule has 0 unspecified atom stereocenters. The molecular weight excluding hydrogens is 285 g/mol. The fraction of sp³-hybridized carbons (Fsp3) is 0.0714. The van der Waals surface area contributed by atoms with E-state index in [-0.39, 0.29) is 0 Å². The number of hydrogen-bond acceptors (Lipinski definition) is 3. The van der Waals surface area contributed by atoms with E-state index in [4.69, 9.17) is 37.9 Å². The normalized spacial score (nSPS) is 9.79. The van der Waals surface area contributed by atoms with Gasteiger partial charge in [0.05, 0.1) is 28.8 Å². The molecule has 0 bridgehead atoms. The number of hydrogen-bond donors (Lipinski definition) is 0. The number of rotatable bonds is 3. The molecule has 0 aliphatic carbocycles. The highest BCUT2D eigenvalue weighted by Gasteiger charge is 2.11. The van der Waals surface area contributed by atoms with Crippen LogP contribution in [0.1, 0.15) is 5.56 Å². The third-order valence-electron chi connectivity index (χ3n) is 2.41. The minimum atomic E-state index is 0.292. The molecule has 0 atom stereocenters. The molecule has 19 heavy (non-hydrogen) atoms. The fourth-order valence-corrected chi connectivity index (χ4v) is 2.05. The van der Waals surface area contributed by atoms with Gasteiger partial charge in [0, 0.05) is 0 Å². The van der Waals surface area contributed by atoms with Crippen molar-refractivity contribution in [3.05, 3.63) is 52.0 Å². The summed E-state index contributed by atoms with van der Waals surface area (Å²) in [5, 5.41) is 9.39. The Morgan fingerprint density at radius 1 is 1.00 bits per heavy atom. The van der Waals surface area contributed by atoms with Crippen molar-refractivity contribution in [1.29, 1.82) is 5.26 Å². The summed E-state index contributed by atoms with van der Waals surface area (Å²) in [5.41, 5.74) is 0.386. The maximum Gasteiger partial charge on any atom is 0.164 e. The number of ether oxygens (including phenoxy) is 2. The predicted molar refractivity (Wildman–Crippen MR) is 74.2 cm³/mol. The molecule has 2 aromatic rings. The molecule has 5 heteroatoms. The molecule has 2 rings (SSSR count). The summed E-state index contributed by atoms with van der Waals surface area (Å²) >= 11 is 12.1. The van der Waals surface area contributed by atoms with E-state index in [9.17, 15) is 0 Å². The first-order valence-corrected chi connectivity index (χ1v) is 6.10. The molecule has 0 amide bonds. The second-order valence-corrected chi connectivity index (χ2v) is 4.47. The topological polar surface area (TPSA) is 42.2 Å². The number of nitriles is 1. The number of nitrogens with zero attached hydrogens (tertiary/aromatic N) is 1. The Balaban J connectivity index is 2.30. The predicted octanol–water partition coefficient (Wildman–Crippen LogP) is 4.67. The molecule has 0 aliphatic rings. The van der Waals surface area contributed by atoms with Crippen LogP contribution in [0.4, 0.5) is 0 Å². The summed E-state index contributed by atoms with van der Waals surface area (Å²) in [5.74, 6) is 1.63. The highest BCUT2D eigenvalue weighted by atomic mass is 35.5. The quantitative estimate of drug-likeness (QED) is 0.826. The van der Waals surface area contributed by atoms with E-state index in [2.05, 4.69) is 0 Å². The maximum absolute atomic E-state index is 8.80. The molecule has 0 fully saturated rings. The molecule has 0 N–H and O–H groups in total. The molecule has 0 saturated heterocycles. The Bertz CT molecular complexity index is 610. The summed E-state index contributed by atoms with van der Waals surface area (Å²) in [6, 6.07) is 12.0. The average molecular weight is 294 g/mol. The van der Waals surface area contributed by atoms with Crippen LogP contribution in [-0.4, -0.2) is 7.11 Å². The van der Waals surface area contributed by atoms with Crippen LogP contribution in [0, 0.1) is 11.3 Å². The van der Waals surface area contributed by atoms with Gasteiger partial charge in [-0.05, 0) is 36.4 Å². The van der Waals surface area contributed by atoms with Gasteiger partial charge in [-0.15, -0.1) is 0 Å². The molecule has 0 aromatic heterocycles. The Morgan fingerprint density at radius 2 is 1.53 bits per heavy atom. The molecule has 96 valence electrons. The van der Waals surface area contributed by atoms with E-state index >= 15 is 0 Å². The molecule has 0 aliphatic heterocycles. The Hall–Kier alpha value is -1.89. The van der Waals surface area contributed by atoms with Crippen molar-refractivity contribution in [2.75, 3.05) is 7.11 Å². The first-order valence-electron chi connectivity index (χ1n) is 5.35. The lowest BCUT2D eigenvalue weighted by Crippen LogP contribution is -1.89. The van der Waals surface area contributed by atoms with Gasteiger partial charge in [0.25, 0.3) is 0 Å². The zero-order valence-corrected chi connectivity index (χ0v) is 11.5. The van der Waals surface area contributed by atoms with Crippen LogP contribution in [0.15, 0.2) is 36.4 Å². The molecule has 3 nitrogen and oxygen atoms in total. The van der Waals surface area contributed by atoms with Gasteiger partial charge >= 0.3 is 0 Å². The van der Waals surface area contributed by atoms with E-state index in [1.54, 1.807) is 31.4 Å². The average Bonchev–Trinajstić information content (AvgIpc) is 2.43. The molecule has 0 heterocycles. The van der Waals surface area contributed by atoms with Crippen LogP contribution >= 0.6 is 23.2 Å². The van der Waals surface area contributed by atoms with Crippen molar-refractivity contribution in [2.24, 2.45) is 0 Å². The Morgan fingerprint density at radius 3 is 2.00 bits per heavy atom. The van der Waals surface area contributed by atoms with Gasteiger partial charge in [-0.1, -0.05) is 23.2 Å².